The van der Waals surface area contributed by atoms with Crippen LogP contribution in [0.3, 0.4) is 0 Å². The maximum Gasteiger partial charge on any atom is 0.308 e. The van der Waals surface area contributed by atoms with Crippen molar-refractivity contribution in [2.24, 2.45) is 5.92 Å². The van der Waals surface area contributed by atoms with E-state index in [0.29, 0.717) is 18.8 Å². The number of aromatic nitrogens is 5. The van der Waals surface area contributed by atoms with E-state index in [-0.39, 0.29) is 5.92 Å². The van der Waals surface area contributed by atoms with Crippen LogP contribution in [0.5, 0.6) is 0 Å². The Balaban J connectivity index is 1.83. The van der Waals surface area contributed by atoms with Crippen LogP contribution in [0.4, 0.5) is 5.82 Å². The van der Waals surface area contributed by atoms with E-state index in [4.69, 9.17) is 5.11 Å². The van der Waals surface area contributed by atoms with Gasteiger partial charge in [0, 0.05) is 19.2 Å². The standard InChI is InChI=1S/C12H14N6O2/c19-12(20)9-2-1-3-17(5-9)10-4-11(15-7-14-10)18-8-13-6-16-18/h4,6-9H,1-3,5H2,(H,19,20)/t9-/m0/s1. The monoisotopic (exact) mass is 274 g/mol. The Morgan fingerprint density at radius 1 is 1.30 bits per heavy atom. The largest absolute Gasteiger partial charge is 0.481 e. The molecule has 2 aromatic heterocycles. The van der Waals surface area contributed by atoms with Gasteiger partial charge in [-0.25, -0.2) is 19.6 Å². The highest BCUT2D eigenvalue weighted by atomic mass is 16.4. The van der Waals surface area contributed by atoms with Gasteiger partial charge in [-0.15, -0.1) is 0 Å². The van der Waals surface area contributed by atoms with E-state index in [0.717, 1.165) is 18.8 Å². The highest BCUT2D eigenvalue weighted by molar-refractivity contribution is 5.71. The molecule has 1 saturated heterocycles. The van der Waals surface area contributed by atoms with E-state index in [1.54, 1.807) is 17.1 Å². The summed E-state index contributed by atoms with van der Waals surface area (Å²) in [4.78, 5) is 25.3. The fourth-order valence-corrected chi connectivity index (χ4v) is 2.35. The number of piperidine rings is 1. The van der Waals surface area contributed by atoms with Crippen molar-refractivity contribution in [1.82, 2.24) is 24.7 Å². The molecule has 0 bridgehead atoms. The van der Waals surface area contributed by atoms with Crippen molar-refractivity contribution in [2.75, 3.05) is 18.0 Å². The van der Waals surface area contributed by atoms with Crippen LogP contribution in [0.1, 0.15) is 12.8 Å². The molecule has 2 aromatic rings. The first-order valence-electron chi connectivity index (χ1n) is 6.39. The number of hydrogen-bond acceptors (Lipinski definition) is 6. The Morgan fingerprint density at radius 3 is 2.90 bits per heavy atom. The molecule has 8 nitrogen and oxygen atoms in total. The molecule has 1 aliphatic rings. The molecule has 1 atom stereocenters. The maximum absolute atomic E-state index is 11.1. The molecule has 1 fully saturated rings. The van der Waals surface area contributed by atoms with Gasteiger partial charge in [-0.2, -0.15) is 5.10 Å². The van der Waals surface area contributed by atoms with Crippen molar-refractivity contribution in [3.63, 3.8) is 0 Å². The van der Waals surface area contributed by atoms with Crippen LogP contribution in [0, 0.1) is 5.92 Å². The quantitative estimate of drug-likeness (QED) is 0.862. The second-order valence-corrected chi connectivity index (χ2v) is 4.70. The average molecular weight is 274 g/mol. The van der Waals surface area contributed by atoms with E-state index < -0.39 is 5.97 Å². The predicted octanol–water partition coefficient (Wildman–Crippen LogP) is 0.358. The predicted molar refractivity (Wildman–Crippen MR) is 69.5 cm³/mol. The number of aliphatic carboxylic acids is 1. The Morgan fingerprint density at radius 2 is 2.15 bits per heavy atom. The summed E-state index contributed by atoms with van der Waals surface area (Å²) in [5.74, 6) is 0.246. The first kappa shape index (κ1) is 12.5. The number of nitrogens with zero attached hydrogens (tertiary/aromatic N) is 6. The van der Waals surface area contributed by atoms with Crippen molar-refractivity contribution in [3.05, 3.63) is 25.0 Å². The van der Waals surface area contributed by atoms with Crippen molar-refractivity contribution in [2.45, 2.75) is 12.8 Å². The van der Waals surface area contributed by atoms with Gasteiger partial charge in [-0.1, -0.05) is 0 Å². The minimum absolute atomic E-state index is 0.339. The zero-order valence-corrected chi connectivity index (χ0v) is 10.8. The summed E-state index contributed by atoms with van der Waals surface area (Å²) < 4.78 is 1.55. The topological polar surface area (TPSA) is 97.0 Å². The van der Waals surface area contributed by atoms with E-state index >= 15 is 0 Å². The summed E-state index contributed by atoms with van der Waals surface area (Å²) in [6.07, 6.45) is 6.01. The summed E-state index contributed by atoms with van der Waals surface area (Å²) in [5.41, 5.74) is 0. The third-order valence-corrected chi connectivity index (χ3v) is 3.39. The SMILES string of the molecule is O=C(O)[C@H]1CCCN(c2cc(-n3cncn3)ncn2)C1. The van der Waals surface area contributed by atoms with E-state index in [9.17, 15) is 4.79 Å². The van der Waals surface area contributed by atoms with Gasteiger partial charge in [0.25, 0.3) is 0 Å². The molecule has 0 spiro atoms. The van der Waals surface area contributed by atoms with Crippen LogP contribution >= 0.6 is 0 Å². The van der Waals surface area contributed by atoms with Gasteiger partial charge in [0.15, 0.2) is 5.82 Å². The minimum Gasteiger partial charge on any atom is -0.481 e. The summed E-state index contributed by atoms with van der Waals surface area (Å²) >= 11 is 0. The first-order valence-corrected chi connectivity index (χ1v) is 6.39. The first-order chi connectivity index (χ1) is 9.74. The molecular weight excluding hydrogens is 260 g/mol. The lowest BCUT2D eigenvalue weighted by atomic mass is 9.98. The van der Waals surface area contributed by atoms with Crippen LogP contribution in [0.15, 0.2) is 25.0 Å². The number of carboxylic acid groups (broad SMARTS) is 1. The Labute approximate surface area is 115 Å². The van der Waals surface area contributed by atoms with E-state index in [1.165, 1.54) is 12.7 Å². The summed E-state index contributed by atoms with van der Waals surface area (Å²) in [7, 11) is 0. The fraction of sp³-hybridized carbons (Fsp3) is 0.417. The molecule has 20 heavy (non-hydrogen) atoms. The molecule has 8 heteroatoms. The van der Waals surface area contributed by atoms with Crippen LogP contribution < -0.4 is 4.90 Å². The van der Waals surface area contributed by atoms with Crippen molar-refractivity contribution in [1.29, 1.82) is 0 Å². The second kappa shape index (κ2) is 5.24. The van der Waals surface area contributed by atoms with Crippen LogP contribution in [-0.4, -0.2) is 48.9 Å². The van der Waals surface area contributed by atoms with Gasteiger partial charge in [0.05, 0.1) is 5.92 Å². The summed E-state index contributed by atoms with van der Waals surface area (Å²) in [5, 5.41) is 13.1. The molecule has 0 unspecified atom stereocenters. The molecule has 3 rings (SSSR count). The van der Waals surface area contributed by atoms with Gasteiger partial charge < -0.3 is 10.0 Å². The number of carbonyl (C=O) groups is 1. The zero-order chi connectivity index (χ0) is 13.9. The van der Waals surface area contributed by atoms with Gasteiger partial charge in [0.2, 0.25) is 0 Å². The van der Waals surface area contributed by atoms with Crippen LogP contribution in [0.25, 0.3) is 5.82 Å². The molecule has 0 aliphatic carbocycles. The molecule has 0 radical (unpaired) electrons. The molecule has 104 valence electrons. The number of carboxylic acids is 1. The summed E-state index contributed by atoms with van der Waals surface area (Å²) in [6, 6.07) is 1.79. The Kier molecular flexibility index (Phi) is 3.28. The lowest BCUT2D eigenvalue weighted by Crippen LogP contribution is -2.39. The zero-order valence-electron chi connectivity index (χ0n) is 10.8. The lowest BCUT2D eigenvalue weighted by molar-refractivity contribution is -0.141. The van der Waals surface area contributed by atoms with Gasteiger partial charge in [-0.3, -0.25) is 4.79 Å². The van der Waals surface area contributed by atoms with Gasteiger partial charge in [0.1, 0.15) is 24.8 Å². The highest BCUT2D eigenvalue weighted by Crippen LogP contribution is 2.22. The Bertz CT molecular complexity index is 600. The second-order valence-electron chi connectivity index (χ2n) is 4.70. The maximum atomic E-state index is 11.1. The highest BCUT2D eigenvalue weighted by Gasteiger charge is 2.26. The van der Waals surface area contributed by atoms with Crippen LogP contribution in [-0.2, 0) is 4.79 Å². The average Bonchev–Trinajstić information content (AvgIpc) is 3.02. The molecule has 1 aliphatic heterocycles. The molecule has 0 saturated carbocycles. The van der Waals surface area contributed by atoms with E-state index in [1.807, 2.05) is 4.90 Å². The third-order valence-electron chi connectivity index (χ3n) is 3.39. The molecule has 0 aromatic carbocycles. The smallest absolute Gasteiger partial charge is 0.308 e. The number of hydrogen-bond donors (Lipinski definition) is 1. The summed E-state index contributed by atoms with van der Waals surface area (Å²) in [6.45, 7) is 1.28. The normalized spacial score (nSPS) is 19.0. The van der Waals surface area contributed by atoms with Crippen molar-refractivity contribution < 1.29 is 9.90 Å². The van der Waals surface area contributed by atoms with Crippen molar-refractivity contribution in [3.8, 4) is 5.82 Å². The van der Waals surface area contributed by atoms with Gasteiger partial charge in [-0.05, 0) is 12.8 Å². The van der Waals surface area contributed by atoms with Crippen LogP contribution in [0.2, 0.25) is 0 Å². The molecule has 0 amide bonds. The fourth-order valence-electron chi connectivity index (χ4n) is 2.35. The van der Waals surface area contributed by atoms with Gasteiger partial charge >= 0.3 is 5.97 Å². The number of anilines is 1. The lowest BCUT2D eigenvalue weighted by Gasteiger charge is -2.31. The molecule has 1 N–H and O–H groups in total. The van der Waals surface area contributed by atoms with Crippen molar-refractivity contribution >= 4 is 11.8 Å². The minimum atomic E-state index is -0.750. The third kappa shape index (κ3) is 2.44. The van der Waals surface area contributed by atoms with E-state index in [2.05, 4.69) is 20.1 Å². The number of rotatable bonds is 3. The molecular formula is C12H14N6O2. The molecule has 3 heterocycles. The Hall–Kier alpha value is -2.51.